The van der Waals surface area contributed by atoms with Crippen molar-refractivity contribution in [1.82, 2.24) is 0 Å². The van der Waals surface area contributed by atoms with E-state index in [0.29, 0.717) is 5.41 Å². The lowest BCUT2D eigenvalue weighted by molar-refractivity contribution is -0.127. The number of hydrogen-bond donors (Lipinski definition) is 0. The van der Waals surface area contributed by atoms with Crippen molar-refractivity contribution in [1.29, 1.82) is 0 Å². The second-order valence-electron chi connectivity index (χ2n) is 6.41. The Labute approximate surface area is 88.5 Å². The van der Waals surface area contributed by atoms with Gasteiger partial charge in [0.1, 0.15) is 0 Å². The van der Waals surface area contributed by atoms with E-state index in [2.05, 4.69) is 33.6 Å². The minimum Gasteiger partial charge on any atom is -0.120 e. The van der Waals surface area contributed by atoms with Gasteiger partial charge in [-0.1, -0.05) is 13.8 Å². The van der Waals surface area contributed by atoms with Crippen LogP contribution in [0.5, 0.6) is 0 Å². The molecule has 3 fully saturated rings. The number of fused-ring (bicyclic) bond motifs is 2. The van der Waals surface area contributed by atoms with E-state index in [1.165, 1.54) is 19.3 Å². The van der Waals surface area contributed by atoms with Crippen molar-refractivity contribution in [3.63, 3.8) is 0 Å². The fraction of sp³-hybridized carbons (Fsp3) is 0.857. The van der Waals surface area contributed by atoms with Gasteiger partial charge in [0.25, 0.3) is 0 Å². The number of terminal acetylenes is 1. The molecule has 3 atom stereocenters. The summed E-state index contributed by atoms with van der Waals surface area (Å²) in [7, 11) is 0. The molecule has 3 rings (SSSR count). The normalized spacial score (nSPS) is 39.8. The zero-order chi connectivity index (χ0) is 10.6. The molecule has 0 saturated heterocycles. The first-order valence-electron chi connectivity index (χ1n) is 5.87. The summed E-state index contributed by atoms with van der Waals surface area (Å²) in [6.45, 7) is 9.36. The van der Waals surface area contributed by atoms with Crippen LogP contribution in [0.3, 0.4) is 0 Å². The largest absolute Gasteiger partial charge is 0.120 e. The molecule has 0 amide bonds. The van der Waals surface area contributed by atoms with Crippen molar-refractivity contribution in [2.45, 2.75) is 47.0 Å². The Morgan fingerprint density at radius 2 is 1.93 bits per heavy atom. The molecule has 0 aromatic carbocycles. The van der Waals surface area contributed by atoms with E-state index in [9.17, 15) is 0 Å². The lowest BCUT2D eigenvalue weighted by Gasteiger charge is -2.62. The summed E-state index contributed by atoms with van der Waals surface area (Å²) < 4.78 is 0. The van der Waals surface area contributed by atoms with Gasteiger partial charge in [0.2, 0.25) is 0 Å². The zero-order valence-electron chi connectivity index (χ0n) is 9.93. The van der Waals surface area contributed by atoms with E-state index in [1.54, 1.807) is 0 Å². The molecule has 3 aliphatic rings. The van der Waals surface area contributed by atoms with Crippen LogP contribution in [0, 0.1) is 40.9 Å². The van der Waals surface area contributed by atoms with Gasteiger partial charge in [-0.2, -0.15) is 0 Å². The summed E-state index contributed by atoms with van der Waals surface area (Å²) in [6.07, 6.45) is 9.85. The predicted molar refractivity (Wildman–Crippen MR) is 60.7 cm³/mol. The standard InChI is InChI=1S/C14H22/c1-6-13(2,3)11-8-7-10-9-12(11)14(10,4)5/h1,10-12H,7-9H2,2-5H3/t10-,11?,12-/m0/s1. The highest BCUT2D eigenvalue weighted by molar-refractivity contribution is 5.13. The summed E-state index contributed by atoms with van der Waals surface area (Å²) in [5, 5.41) is 0. The predicted octanol–water partition coefficient (Wildman–Crippen LogP) is 3.72. The maximum absolute atomic E-state index is 5.66. The van der Waals surface area contributed by atoms with Crippen LogP contribution in [0.2, 0.25) is 0 Å². The molecule has 78 valence electrons. The molecule has 0 nitrogen and oxygen atoms in total. The number of rotatable bonds is 1. The fourth-order valence-corrected chi connectivity index (χ4v) is 3.78. The summed E-state index contributed by atoms with van der Waals surface area (Å²) in [6, 6.07) is 0. The Hall–Kier alpha value is -0.440. The van der Waals surface area contributed by atoms with Crippen LogP contribution in [0.15, 0.2) is 0 Å². The topological polar surface area (TPSA) is 0 Å². The lowest BCUT2D eigenvalue weighted by atomic mass is 9.42. The van der Waals surface area contributed by atoms with E-state index in [0.717, 1.165) is 17.8 Å². The lowest BCUT2D eigenvalue weighted by Crippen LogP contribution is -2.55. The highest BCUT2D eigenvalue weighted by Gasteiger charge is 2.56. The van der Waals surface area contributed by atoms with E-state index >= 15 is 0 Å². The quantitative estimate of drug-likeness (QED) is 0.553. The SMILES string of the molecule is C#CC(C)(C)C1CC[C@H]2C[C@@H]1C2(C)C. The molecule has 0 spiro atoms. The summed E-state index contributed by atoms with van der Waals surface area (Å²) in [5.74, 6) is 5.63. The summed E-state index contributed by atoms with van der Waals surface area (Å²) in [5.41, 5.74) is 0.671. The first kappa shape index (κ1) is 10.1. The minimum atomic E-state index is 0.104. The molecule has 0 aliphatic heterocycles. The Morgan fingerprint density at radius 3 is 2.36 bits per heavy atom. The van der Waals surface area contributed by atoms with Crippen LogP contribution in [0.1, 0.15) is 47.0 Å². The average molecular weight is 190 g/mol. The van der Waals surface area contributed by atoms with Crippen LogP contribution < -0.4 is 0 Å². The van der Waals surface area contributed by atoms with E-state index < -0.39 is 0 Å². The minimum absolute atomic E-state index is 0.104. The second kappa shape index (κ2) is 2.78. The summed E-state index contributed by atoms with van der Waals surface area (Å²) in [4.78, 5) is 0. The van der Waals surface area contributed by atoms with E-state index in [-0.39, 0.29) is 5.41 Å². The molecule has 14 heavy (non-hydrogen) atoms. The van der Waals surface area contributed by atoms with Gasteiger partial charge in [-0.15, -0.1) is 12.3 Å². The Kier molecular flexibility index (Phi) is 2.01. The molecule has 0 heteroatoms. The van der Waals surface area contributed by atoms with Crippen LogP contribution in [0.25, 0.3) is 0 Å². The first-order valence-corrected chi connectivity index (χ1v) is 5.87. The maximum atomic E-state index is 5.66. The van der Waals surface area contributed by atoms with Gasteiger partial charge < -0.3 is 0 Å². The monoisotopic (exact) mass is 190 g/mol. The molecule has 0 radical (unpaired) electrons. The van der Waals surface area contributed by atoms with Crippen molar-refractivity contribution in [2.75, 3.05) is 0 Å². The van der Waals surface area contributed by atoms with Gasteiger partial charge in [-0.3, -0.25) is 0 Å². The van der Waals surface area contributed by atoms with E-state index in [1.807, 2.05) is 0 Å². The molecule has 0 aromatic rings. The molecule has 0 N–H and O–H groups in total. The maximum Gasteiger partial charge on any atom is 0.0286 e. The van der Waals surface area contributed by atoms with Gasteiger partial charge in [0.05, 0.1) is 0 Å². The van der Waals surface area contributed by atoms with Gasteiger partial charge >= 0.3 is 0 Å². The highest BCUT2D eigenvalue weighted by atomic mass is 14.6. The average Bonchev–Trinajstić information content (AvgIpc) is 2.17. The van der Waals surface area contributed by atoms with Crippen LogP contribution in [-0.2, 0) is 0 Å². The third kappa shape index (κ3) is 1.14. The van der Waals surface area contributed by atoms with Gasteiger partial charge in [0.15, 0.2) is 0 Å². The highest BCUT2D eigenvalue weighted by Crippen LogP contribution is 2.64. The Bertz CT molecular complexity index is 275. The third-order valence-electron chi connectivity index (χ3n) is 5.16. The second-order valence-corrected chi connectivity index (χ2v) is 6.41. The zero-order valence-corrected chi connectivity index (χ0v) is 9.93. The smallest absolute Gasteiger partial charge is 0.0286 e. The molecular formula is C14H22. The third-order valence-corrected chi connectivity index (χ3v) is 5.16. The number of hydrogen-bond acceptors (Lipinski definition) is 0. The van der Waals surface area contributed by atoms with Crippen molar-refractivity contribution in [3.8, 4) is 12.3 Å². The van der Waals surface area contributed by atoms with Crippen molar-refractivity contribution >= 4 is 0 Å². The van der Waals surface area contributed by atoms with E-state index in [4.69, 9.17) is 6.42 Å². The molecule has 2 bridgehead atoms. The van der Waals surface area contributed by atoms with Crippen molar-refractivity contribution < 1.29 is 0 Å². The Morgan fingerprint density at radius 1 is 1.29 bits per heavy atom. The van der Waals surface area contributed by atoms with Crippen molar-refractivity contribution in [3.05, 3.63) is 0 Å². The Balaban J connectivity index is 2.20. The van der Waals surface area contributed by atoms with Gasteiger partial charge in [-0.05, 0) is 56.3 Å². The van der Waals surface area contributed by atoms with Gasteiger partial charge in [0, 0.05) is 5.41 Å². The summed E-state index contributed by atoms with van der Waals surface area (Å²) >= 11 is 0. The molecule has 3 saturated carbocycles. The van der Waals surface area contributed by atoms with Gasteiger partial charge in [-0.25, -0.2) is 0 Å². The first-order chi connectivity index (χ1) is 6.39. The molecular weight excluding hydrogens is 168 g/mol. The molecule has 3 aliphatic carbocycles. The molecule has 0 aromatic heterocycles. The molecule has 1 unspecified atom stereocenters. The fourth-order valence-electron chi connectivity index (χ4n) is 3.78. The van der Waals surface area contributed by atoms with Crippen LogP contribution in [-0.4, -0.2) is 0 Å². The van der Waals surface area contributed by atoms with Crippen LogP contribution >= 0.6 is 0 Å². The molecule has 0 heterocycles. The van der Waals surface area contributed by atoms with Crippen molar-refractivity contribution in [2.24, 2.45) is 28.6 Å². The van der Waals surface area contributed by atoms with Crippen LogP contribution in [0.4, 0.5) is 0 Å².